The second-order valence-corrected chi connectivity index (χ2v) is 8.32. The molecule has 1 aliphatic rings. The van der Waals surface area contributed by atoms with Crippen LogP contribution in [-0.2, 0) is 11.2 Å². The third kappa shape index (κ3) is 4.28. The van der Waals surface area contributed by atoms with Gasteiger partial charge in [0, 0.05) is 43.9 Å². The van der Waals surface area contributed by atoms with Crippen molar-refractivity contribution in [1.82, 2.24) is 14.3 Å². The van der Waals surface area contributed by atoms with Crippen molar-refractivity contribution in [2.45, 2.75) is 44.1 Å². The molecule has 1 atom stereocenters. The van der Waals surface area contributed by atoms with Crippen LogP contribution in [0.15, 0.2) is 65.7 Å². The second-order valence-electron chi connectivity index (χ2n) is 8.32. The van der Waals surface area contributed by atoms with Crippen LogP contribution in [0, 0.1) is 0 Å². The summed E-state index contributed by atoms with van der Waals surface area (Å²) in [5, 5.41) is 11.1. The minimum absolute atomic E-state index is 0.112. The summed E-state index contributed by atoms with van der Waals surface area (Å²) < 4.78 is 1.50. The molecule has 6 heteroatoms. The number of piperidine rings is 1. The summed E-state index contributed by atoms with van der Waals surface area (Å²) in [4.78, 5) is 31.6. The topological polar surface area (TPSA) is 74.9 Å². The number of pyridine rings is 1. The van der Waals surface area contributed by atoms with Gasteiger partial charge >= 0.3 is 0 Å². The normalized spacial score (nSPS) is 17.1. The fourth-order valence-corrected chi connectivity index (χ4v) is 4.18. The van der Waals surface area contributed by atoms with Crippen molar-refractivity contribution in [3.8, 4) is 0 Å². The van der Waals surface area contributed by atoms with Crippen LogP contribution in [0.4, 0.5) is 0 Å². The molecule has 0 saturated carbocycles. The number of fused-ring (bicyclic) bond motifs is 1. The zero-order valence-electron chi connectivity index (χ0n) is 17.2. The summed E-state index contributed by atoms with van der Waals surface area (Å²) in [5.74, 6) is 0.268. The van der Waals surface area contributed by atoms with Gasteiger partial charge in [-0.05, 0) is 36.5 Å². The molecule has 1 N–H and O–H groups in total. The van der Waals surface area contributed by atoms with E-state index in [-0.39, 0.29) is 23.8 Å². The first-order chi connectivity index (χ1) is 14.5. The molecule has 2 aromatic heterocycles. The number of aromatic nitrogens is 2. The summed E-state index contributed by atoms with van der Waals surface area (Å²) in [6.45, 7) is 3.06. The lowest BCUT2D eigenvalue weighted by atomic mass is 9.85. The molecule has 0 radical (unpaired) electrons. The van der Waals surface area contributed by atoms with Crippen LogP contribution >= 0.6 is 0 Å². The Morgan fingerprint density at radius 1 is 1.13 bits per heavy atom. The standard InChI is InChI=1S/C24H27N3O3/c1-18(19-7-3-2-4-8-19)15-22(28)26-13-10-24(30,11-14-26)16-20-17-25-21-9-5-6-12-27(21)23(20)29/h2-9,12,17-18,30H,10-11,13-16H2,1H3/t18-/m1/s1. The summed E-state index contributed by atoms with van der Waals surface area (Å²) in [6, 6.07) is 15.4. The number of carbonyl (C=O) groups is 1. The molecule has 6 nitrogen and oxygen atoms in total. The Hall–Kier alpha value is -2.99. The van der Waals surface area contributed by atoms with E-state index < -0.39 is 5.60 Å². The summed E-state index contributed by atoms with van der Waals surface area (Å²) in [5.41, 5.74) is 1.10. The highest BCUT2D eigenvalue weighted by molar-refractivity contribution is 5.77. The van der Waals surface area contributed by atoms with Crippen molar-refractivity contribution in [3.63, 3.8) is 0 Å². The lowest BCUT2D eigenvalue weighted by molar-refractivity contribution is -0.135. The molecule has 1 aliphatic heterocycles. The van der Waals surface area contributed by atoms with Crippen LogP contribution in [-0.4, -0.2) is 44.0 Å². The molecule has 1 aromatic carbocycles. The molecule has 30 heavy (non-hydrogen) atoms. The maximum absolute atomic E-state index is 12.7. The van der Waals surface area contributed by atoms with E-state index >= 15 is 0 Å². The molecule has 0 aliphatic carbocycles. The van der Waals surface area contributed by atoms with Gasteiger partial charge in [-0.2, -0.15) is 0 Å². The first-order valence-electron chi connectivity index (χ1n) is 10.5. The maximum Gasteiger partial charge on any atom is 0.261 e. The molecule has 1 fully saturated rings. The van der Waals surface area contributed by atoms with Gasteiger partial charge in [0.25, 0.3) is 5.56 Å². The van der Waals surface area contributed by atoms with Crippen molar-refractivity contribution >= 4 is 11.6 Å². The van der Waals surface area contributed by atoms with Gasteiger partial charge in [0.15, 0.2) is 0 Å². The van der Waals surface area contributed by atoms with Crippen molar-refractivity contribution in [2.24, 2.45) is 0 Å². The van der Waals surface area contributed by atoms with E-state index in [1.807, 2.05) is 41.3 Å². The lowest BCUT2D eigenvalue weighted by Crippen LogP contribution is -2.48. The van der Waals surface area contributed by atoms with Gasteiger partial charge in [0.1, 0.15) is 5.65 Å². The third-order valence-electron chi connectivity index (χ3n) is 6.10. The van der Waals surface area contributed by atoms with Crippen molar-refractivity contribution < 1.29 is 9.90 Å². The molecule has 1 amide bonds. The first-order valence-corrected chi connectivity index (χ1v) is 10.5. The number of benzene rings is 1. The number of carbonyl (C=O) groups excluding carboxylic acids is 1. The monoisotopic (exact) mass is 405 g/mol. The average molecular weight is 405 g/mol. The Bertz CT molecular complexity index is 1090. The quantitative estimate of drug-likeness (QED) is 0.708. The Labute approximate surface area is 175 Å². The van der Waals surface area contributed by atoms with Crippen LogP contribution in [0.3, 0.4) is 0 Å². The molecular weight excluding hydrogens is 378 g/mol. The first kappa shape index (κ1) is 20.3. The zero-order chi connectivity index (χ0) is 21.1. The van der Waals surface area contributed by atoms with E-state index in [2.05, 4.69) is 11.9 Å². The van der Waals surface area contributed by atoms with Gasteiger partial charge in [-0.3, -0.25) is 14.0 Å². The second kappa shape index (κ2) is 8.40. The Morgan fingerprint density at radius 2 is 1.83 bits per heavy atom. The Kier molecular flexibility index (Phi) is 5.68. The Morgan fingerprint density at radius 3 is 2.57 bits per heavy atom. The van der Waals surface area contributed by atoms with Gasteiger partial charge in [-0.1, -0.05) is 43.3 Å². The molecule has 156 valence electrons. The molecule has 3 aromatic rings. The maximum atomic E-state index is 12.7. The van der Waals surface area contributed by atoms with E-state index in [4.69, 9.17) is 0 Å². The lowest BCUT2D eigenvalue weighted by Gasteiger charge is -2.38. The van der Waals surface area contributed by atoms with E-state index in [1.165, 1.54) is 4.40 Å². The molecule has 1 saturated heterocycles. The van der Waals surface area contributed by atoms with Gasteiger partial charge in [-0.25, -0.2) is 4.98 Å². The van der Waals surface area contributed by atoms with Crippen LogP contribution in [0.5, 0.6) is 0 Å². The van der Waals surface area contributed by atoms with E-state index in [9.17, 15) is 14.7 Å². The molecule has 3 heterocycles. The average Bonchev–Trinajstić information content (AvgIpc) is 2.77. The fourth-order valence-electron chi connectivity index (χ4n) is 4.18. The van der Waals surface area contributed by atoms with Crippen LogP contribution in [0.1, 0.15) is 43.2 Å². The summed E-state index contributed by atoms with van der Waals surface area (Å²) >= 11 is 0. The number of likely N-dealkylation sites (tertiary alicyclic amines) is 1. The molecule has 0 bridgehead atoms. The van der Waals surface area contributed by atoms with Crippen LogP contribution < -0.4 is 5.56 Å². The van der Waals surface area contributed by atoms with E-state index in [0.717, 1.165) is 5.56 Å². The Balaban J connectivity index is 1.38. The number of rotatable bonds is 5. The van der Waals surface area contributed by atoms with Crippen molar-refractivity contribution in [2.75, 3.05) is 13.1 Å². The highest BCUT2D eigenvalue weighted by Gasteiger charge is 2.35. The minimum atomic E-state index is -0.994. The molecular formula is C24H27N3O3. The highest BCUT2D eigenvalue weighted by atomic mass is 16.3. The summed E-state index contributed by atoms with van der Waals surface area (Å²) in [7, 11) is 0. The van der Waals surface area contributed by atoms with Gasteiger partial charge in [-0.15, -0.1) is 0 Å². The smallest absolute Gasteiger partial charge is 0.261 e. The highest BCUT2D eigenvalue weighted by Crippen LogP contribution is 2.27. The number of hydrogen-bond acceptors (Lipinski definition) is 4. The van der Waals surface area contributed by atoms with Crippen molar-refractivity contribution in [3.05, 3.63) is 82.4 Å². The third-order valence-corrected chi connectivity index (χ3v) is 6.10. The fraction of sp³-hybridized carbons (Fsp3) is 0.375. The van der Waals surface area contributed by atoms with Crippen molar-refractivity contribution in [1.29, 1.82) is 0 Å². The number of hydrogen-bond donors (Lipinski definition) is 1. The molecule has 0 unspecified atom stereocenters. The molecule has 0 spiro atoms. The van der Waals surface area contributed by atoms with Gasteiger partial charge in [0.2, 0.25) is 5.91 Å². The van der Waals surface area contributed by atoms with Gasteiger partial charge in [0.05, 0.1) is 5.60 Å². The van der Waals surface area contributed by atoms with E-state index in [0.29, 0.717) is 43.6 Å². The SMILES string of the molecule is C[C@H](CC(=O)N1CCC(O)(Cc2cnc3ccccn3c2=O)CC1)c1ccccc1. The minimum Gasteiger partial charge on any atom is -0.389 e. The van der Waals surface area contributed by atoms with Gasteiger partial charge < -0.3 is 10.0 Å². The number of aliphatic hydroxyl groups is 1. The largest absolute Gasteiger partial charge is 0.389 e. The molecule has 4 rings (SSSR count). The van der Waals surface area contributed by atoms with Crippen LogP contribution in [0.2, 0.25) is 0 Å². The van der Waals surface area contributed by atoms with E-state index in [1.54, 1.807) is 24.5 Å². The number of amides is 1. The van der Waals surface area contributed by atoms with Crippen LogP contribution in [0.25, 0.3) is 5.65 Å². The predicted molar refractivity (Wildman–Crippen MR) is 115 cm³/mol. The summed E-state index contributed by atoms with van der Waals surface area (Å²) in [6.07, 6.45) is 4.87. The predicted octanol–water partition coefficient (Wildman–Crippen LogP) is 2.78. The zero-order valence-corrected chi connectivity index (χ0v) is 17.2. The number of nitrogens with zero attached hydrogens (tertiary/aromatic N) is 3.